The molecule has 124 valence electrons. The molecular weight excluding hydrogens is 292 g/mol. The summed E-state index contributed by atoms with van der Waals surface area (Å²) >= 11 is 1.31. The Morgan fingerprint density at radius 3 is 2.19 bits per heavy atom. The van der Waals surface area contributed by atoms with Crippen molar-refractivity contribution in [3.8, 4) is 0 Å². The number of nitrogens with zero attached hydrogens (tertiary/aromatic N) is 1. The highest BCUT2D eigenvalue weighted by Crippen LogP contribution is 2.48. The zero-order valence-corrected chi connectivity index (χ0v) is 14.0. The van der Waals surface area contributed by atoms with Gasteiger partial charge in [0, 0.05) is 50.7 Å². The zero-order valence-electron chi connectivity index (χ0n) is 13.2. The monoisotopic (exact) mass is 321 g/mol. The number of nitrogens with two attached hydrogens (primary N) is 1. The maximum atomic E-state index is 13.1. The Kier molecular flexibility index (Phi) is 5.91. The number of halogens is 2. The van der Waals surface area contributed by atoms with E-state index in [4.69, 9.17) is 5.14 Å². The lowest BCUT2D eigenvalue weighted by Crippen LogP contribution is -2.64. The second-order valence-electron chi connectivity index (χ2n) is 6.67. The molecule has 1 spiro atoms. The van der Waals surface area contributed by atoms with Gasteiger partial charge in [0.2, 0.25) is 5.92 Å². The summed E-state index contributed by atoms with van der Waals surface area (Å²) in [6.45, 7) is 7.16. The van der Waals surface area contributed by atoms with Crippen LogP contribution in [0.3, 0.4) is 0 Å². The molecule has 3 fully saturated rings. The van der Waals surface area contributed by atoms with Gasteiger partial charge in [-0.15, -0.1) is 0 Å². The molecule has 0 aromatic carbocycles. The zero-order chi connectivity index (χ0) is 15.5. The summed E-state index contributed by atoms with van der Waals surface area (Å²) in [6, 6.07) is 0.555. The highest BCUT2D eigenvalue weighted by molar-refractivity contribution is 7.94. The van der Waals surface area contributed by atoms with E-state index < -0.39 is 5.92 Å². The van der Waals surface area contributed by atoms with Crippen LogP contribution in [0.25, 0.3) is 0 Å². The first kappa shape index (κ1) is 17.4. The predicted molar refractivity (Wildman–Crippen MR) is 85.1 cm³/mol. The van der Waals surface area contributed by atoms with Crippen molar-refractivity contribution in [3.05, 3.63) is 0 Å². The van der Waals surface area contributed by atoms with Crippen LogP contribution < -0.4 is 10.5 Å². The first-order chi connectivity index (χ1) is 10.0. The largest absolute Gasteiger partial charge is 0.316 e. The van der Waals surface area contributed by atoms with Crippen LogP contribution in [0.15, 0.2) is 0 Å². The molecule has 1 saturated heterocycles. The Morgan fingerprint density at radius 1 is 1.19 bits per heavy atom. The van der Waals surface area contributed by atoms with Gasteiger partial charge in [0.05, 0.1) is 0 Å². The van der Waals surface area contributed by atoms with Gasteiger partial charge in [-0.1, -0.05) is 13.8 Å². The molecule has 6 heteroatoms. The molecule has 0 bridgehead atoms. The minimum absolute atomic E-state index is 0.0548. The Hall–Kier alpha value is 0.0900. The van der Waals surface area contributed by atoms with Crippen LogP contribution in [0.5, 0.6) is 0 Å². The van der Waals surface area contributed by atoms with Crippen molar-refractivity contribution in [3.63, 3.8) is 0 Å². The van der Waals surface area contributed by atoms with E-state index in [1.165, 1.54) is 25.0 Å². The van der Waals surface area contributed by atoms with E-state index in [1.54, 1.807) is 0 Å². The number of alkyl halides is 2. The smallest absolute Gasteiger partial charge is 0.248 e. The fourth-order valence-electron chi connectivity index (χ4n) is 3.73. The van der Waals surface area contributed by atoms with E-state index >= 15 is 0 Å². The SMILES string of the molecule is CC.NSN(CC1CCC(F)(F)CC1)C1CC2(CNC2)C1. The van der Waals surface area contributed by atoms with Crippen LogP contribution in [0.2, 0.25) is 0 Å². The van der Waals surface area contributed by atoms with Crippen LogP contribution in [0.4, 0.5) is 8.78 Å². The normalized spacial score (nSPS) is 30.3. The van der Waals surface area contributed by atoms with Crippen LogP contribution in [-0.4, -0.2) is 35.9 Å². The standard InChI is InChI=1S/C13H23F2N3S.C2H6/c14-13(15)3-1-10(2-4-13)7-18(19-16)11-5-12(6-11)8-17-9-12;1-2/h10-11,17H,1-9,16H2;1-2H3. The third-order valence-electron chi connectivity index (χ3n) is 5.15. The van der Waals surface area contributed by atoms with Crippen molar-refractivity contribution < 1.29 is 8.78 Å². The van der Waals surface area contributed by atoms with E-state index in [9.17, 15) is 8.78 Å². The first-order valence-corrected chi connectivity index (χ1v) is 9.08. The molecule has 0 radical (unpaired) electrons. The molecule has 0 unspecified atom stereocenters. The van der Waals surface area contributed by atoms with Crippen LogP contribution in [0.1, 0.15) is 52.4 Å². The molecule has 3 aliphatic rings. The molecule has 1 heterocycles. The minimum atomic E-state index is -2.42. The summed E-state index contributed by atoms with van der Waals surface area (Å²) in [5.74, 6) is -2.03. The van der Waals surface area contributed by atoms with Crippen molar-refractivity contribution in [2.45, 2.75) is 64.3 Å². The average molecular weight is 321 g/mol. The molecule has 1 aliphatic heterocycles. The van der Waals surface area contributed by atoms with Crippen molar-refractivity contribution in [2.24, 2.45) is 16.5 Å². The summed E-state index contributed by atoms with van der Waals surface area (Å²) in [4.78, 5) is 0. The van der Waals surface area contributed by atoms with Crippen LogP contribution in [0, 0.1) is 11.3 Å². The molecule has 0 atom stereocenters. The van der Waals surface area contributed by atoms with Gasteiger partial charge in [-0.3, -0.25) is 5.14 Å². The van der Waals surface area contributed by atoms with Crippen LogP contribution in [-0.2, 0) is 0 Å². The van der Waals surface area contributed by atoms with E-state index in [1.807, 2.05) is 13.8 Å². The lowest BCUT2D eigenvalue weighted by Gasteiger charge is -2.57. The predicted octanol–water partition coefficient (Wildman–Crippen LogP) is 3.41. The van der Waals surface area contributed by atoms with Crippen molar-refractivity contribution in [1.82, 2.24) is 9.62 Å². The van der Waals surface area contributed by atoms with Crippen LogP contribution >= 0.6 is 12.1 Å². The third kappa shape index (κ3) is 4.09. The number of hydrogen-bond acceptors (Lipinski definition) is 4. The fraction of sp³-hybridized carbons (Fsp3) is 1.00. The van der Waals surface area contributed by atoms with Crippen molar-refractivity contribution >= 4 is 12.1 Å². The number of nitrogens with one attached hydrogen (secondary N) is 1. The number of hydrogen-bond donors (Lipinski definition) is 2. The topological polar surface area (TPSA) is 41.3 Å². The van der Waals surface area contributed by atoms with Gasteiger partial charge in [0.15, 0.2) is 0 Å². The Balaban J connectivity index is 0.000000774. The second kappa shape index (κ2) is 7.11. The fourth-order valence-corrected chi connectivity index (χ4v) is 4.34. The highest BCUT2D eigenvalue weighted by Gasteiger charge is 2.50. The summed E-state index contributed by atoms with van der Waals surface area (Å²) in [5.41, 5.74) is 0.540. The molecule has 0 aromatic rings. The van der Waals surface area contributed by atoms with E-state index in [2.05, 4.69) is 9.62 Å². The maximum absolute atomic E-state index is 13.1. The minimum Gasteiger partial charge on any atom is -0.316 e. The molecule has 2 saturated carbocycles. The molecule has 0 aromatic heterocycles. The van der Waals surface area contributed by atoms with Gasteiger partial charge in [-0.2, -0.15) is 0 Å². The van der Waals surface area contributed by atoms with Gasteiger partial charge >= 0.3 is 0 Å². The second-order valence-corrected chi connectivity index (χ2v) is 7.35. The maximum Gasteiger partial charge on any atom is 0.248 e. The summed E-state index contributed by atoms with van der Waals surface area (Å²) < 4.78 is 28.5. The molecule has 0 amide bonds. The Bertz CT molecular complexity index is 319. The number of rotatable bonds is 4. The summed E-state index contributed by atoms with van der Waals surface area (Å²) in [7, 11) is 0. The Morgan fingerprint density at radius 2 is 1.76 bits per heavy atom. The summed E-state index contributed by atoms with van der Waals surface area (Å²) in [5, 5.41) is 9.11. The van der Waals surface area contributed by atoms with E-state index in [0.717, 1.165) is 19.6 Å². The molecule has 3 nitrogen and oxygen atoms in total. The average Bonchev–Trinajstić information content (AvgIpc) is 2.38. The van der Waals surface area contributed by atoms with E-state index in [0.29, 0.717) is 30.2 Å². The highest BCUT2D eigenvalue weighted by atomic mass is 32.2. The quantitative estimate of drug-likeness (QED) is 0.779. The molecule has 2 aliphatic carbocycles. The summed E-state index contributed by atoms with van der Waals surface area (Å²) in [6.07, 6.45) is 3.83. The van der Waals surface area contributed by atoms with Crippen molar-refractivity contribution in [2.75, 3.05) is 19.6 Å². The van der Waals surface area contributed by atoms with Gasteiger partial charge in [-0.25, -0.2) is 13.1 Å². The van der Waals surface area contributed by atoms with Gasteiger partial charge < -0.3 is 5.32 Å². The molecular formula is C15H29F2N3S. The molecule has 21 heavy (non-hydrogen) atoms. The van der Waals surface area contributed by atoms with Crippen molar-refractivity contribution in [1.29, 1.82) is 0 Å². The van der Waals surface area contributed by atoms with Gasteiger partial charge in [-0.05, 0) is 37.0 Å². The van der Waals surface area contributed by atoms with Gasteiger partial charge in [0.25, 0.3) is 0 Å². The lowest BCUT2D eigenvalue weighted by molar-refractivity contribution is -0.0521. The van der Waals surface area contributed by atoms with E-state index in [-0.39, 0.29) is 12.8 Å². The molecule has 3 N–H and O–H groups in total. The lowest BCUT2D eigenvalue weighted by atomic mass is 9.61. The van der Waals surface area contributed by atoms with Gasteiger partial charge in [0.1, 0.15) is 0 Å². The third-order valence-corrected chi connectivity index (χ3v) is 5.87. The molecule has 3 rings (SSSR count). The first-order valence-electron chi connectivity index (χ1n) is 8.24. The Labute approximate surface area is 131 Å².